The first-order valence-electron chi connectivity index (χ1n) is 3.50. The van der Waals surface area contributed by atoms with E-state index < -0.39 is 12.1 Å². The standard InChI is InChI=1S/C7H3BrClF3N2O/c8-5-4(3(9)1-2-13-5)14-6(15)7(10,11)12/h1-2H,(H,14,15). The molecule has 15 heavy (non-hydrogen) atoms. The first-order chi connectivity index (χ1) is 6.82. The number of hydrogen-bond donors (Lipinski definition) is 1. The van der Waals surface area contributed by atoms with E-state index in [2.05, 4.69) is 20.9 Å². The number of pyridine rings is 1. The van der Waals surface area contributed by atoms with E-state index in [0.29, 0.717) is 0 Å². The van der Waals surface area contributed by atoms with Crippen LogP contribution in [0.3, 0.4) is 0 Å². The molecule has 1 aromatic heterocycles. The number of carbonyl (C=O) groups is 1. The molecule has 0 saturated carbocycles. The molecule has 0 bridgehead atoms. The van der Waals surface area contributed by atoms with E-state index in [4.69, 9.17) is 11.6 Å². The third-order valence-corrected chi connectivity index (χ3v) is 2.27. The Labute approximate surface area is 95.8 Å². The Morgan fingerprint density at radius 2 is 2.13 bits per heavy atom. The first-order valence-corrected chi connectivity index (χ1v) is 4.67. The summed E-state index contributed by atoms with van der Waals surface area (Å²) >= 11 is 8.44. The SMILES string of the molecule is O=C(Nc1c(Cl)ccnc1Br)C(F)(F)F. The lowest BCUT2D eigenvalue weighted by atomic mass is 10.4. The Morgan fingerprint density at radius 1 is 1.53 bits per heavy atom. The highest BCUT2D eigenvalue weighted by Gasteiger charge is 2.39. The zero-order chi connectivity index (χ0) is 11.6. The zero-order valence-electron chi connectivity index (χ0n) is 6.90. The lowest BCUT2D eigenvalue weighted by Gasteiger charge is -2.09. The van der Waals surface area contributed by atoms with Crippen molar-refractivity contribution in [3.8, 4) is 0 Å². The van der Waals surface area contributed by atoms with Gasteiger partial charge in [0, 0.05) is 6.20 Å². The van der Waals surface area contributed by atoms with Gasteiger partial charge in [0.25, 0.3) is 0 Å². The summed E-state index contributed by atoms with van der Waals surface area (Å²) in [5.74, 6) is -2.10. The summed E-state index contributed by atoms with van der Waals surface area (Å²) in [4.78, 5) is 14.2. The van der Waals surface area contributed by atoms with Crippen molar-refractivity contribution in [2.24, 2.45) is 0 Å². The van der Waals surface area contributed by atoms with Crippen LogP contribution in [-0.2, 0) is 4.79 Å². The molecule has 1 rings (SSSR count). The van der Waals surface area contributed by atoms with Crippen LogP contribution in [0, 0.1) is 0 Å². The molecule has 0 spiro atoms. The fourth-order valence-electron chi connectivity index (χ4n) is 0.710. The summed E-state index contributed by atoms with van der Waals surface area (Å²) in [5, 5.41) is 1.58. The van der Waals surface area contributed by atoms with Gasteiger partial charge in [-0.3, -0.25) is 4.79 Å². The minimum Gasteiger partial charge on any atom is -0.315 e. The minimum absolute atomic E-state index is 0.0329. The molecule has 0 aliphatic rings. The maximum atomic E-state index is 11.9. The normalized spacial score (nSPS) is 11.3. The topological polar surface area (TPSA) is 42.0 Å². The van der Waals surface area contributed by atoms with Gasteiger partial charge in [0.15, 0.2) is 0 Å². The second-order valence-corrected chi connectivity index (χ2v) is 3.57. The van der Waals surface area contributed by atoms with Gasteiger partial charge in [-0.15, -0.1) is 0 Å². The number of rotatable bonds is 1. The highest BCUT2D eigenvalue weighted by Crippen LogP contribution is 2.29. The Bertz CT molecular complexity index is 376. The monoisotopic (exact) mass is 302 g/mol. The van der Waals surface area contributed by atoms with Crippen molar-refractivity contribution in [1.82, 2.24) is 4.98 Å². The molecule has 1 N–H and O–H groups in total. The van der Waals surface area contributed by atoms with E-state index in [-0.39, 0.29) is 15.3 Å². The molecule has 3 nitrogen and oxygen atoms in total. The minimum atomic E-state index is -4.96. The molecule has 0 unspecified atom stereocenters. The van der Waals surface area contributed by atoms with Crippen LogP contribution >= 0.6 is 27.5 Å². The predicted octanol–water partition coefficient (Wildman–Crippen LogP) is 3.00. The summed E-state index contributed by atoms with van der Waals surface area (Å²) in [6.45, 7) is 0. The number of alkyl halides is 3. The predicted molar refractivity (Wildman–Crippen MR) is 51.6 cm³/mol. The van der Waals surface area contributed by atoms with Crippen molar-refractivity contribution < 1.29 is 18.0 Å². The van der Waals surface area contributed by atoms with Crippen molar-refractivity contribution in [2.75, 3.05) is 5.32 Å². The van der Waals surface area contributed by atoms with Crippen LogP contribution < -0.4 is 5.32 Å². The molecule has 1 aromatic rings. The van der Waals surface area contributed by atoms with Gasteiger partial charge in [-0.25, -0.2) is 4.98 Å². The van der Waals surface area contributed by atoms with Crippen molar-refractivity contribution >= 4 is 39.1 Å². The molecule has 1 heterocycles. The van der Waals surface area contributed by atoms with Crippen LogP contribution in [0.2, 0.25) is 5.02 Å². The van der Waals surface area contributed by atoms with E-state index in [9.17, 15) is 18.0 Å². The molecule has 0 atom stereocenters. The Balaban J connectivity index is 2.95. The van der Waals surface area contributed by atoms with Gasteiger partial charge in [-0.05, 0) is 22.0 Å². The number of aromatic nitrogens is 1. The van der Waals surface area contributed by atoms with Crippen LogP contribution in [0.4, 0.5) is 18.9 Å². The number of amides is 1. The van der Waals surface area contributed by atoms with Crippen LogP contribution in [0.15, 0.2) is 16.9 Å². The Morgan fingerprint density at radius 3 is 2.60 bits per heavy atom. The third-order valence-electron chi connectivity index (χ3n) is 1.35. The van der Waals surface area contributed by atoms with Gasteiger partial charge in [0.05, 0.1) is 10.7 Å². The number of anilines is 1. The molecule has 0 aliphatic heterocycles. The molecule has 1 amide bonds. The average Bonchev–Trinajstić information content (AvgIpc) is 2.09. The van der Waals surface area contributed by atoms with Gasteiger partial charge >= 0.3 is 12.1 Å². The van der Waals surface area contributed by atoms with Gasteiger partial charge in [0.2, 0.25) is 0 Å². The van der Waals surface area contributed by atoms with Crippen LogP contribution in [0.5, 0.6) is 0 Å². The van der Waals surface area contributed by atoms with E-state index in [1.165, 1.54) is 12.3 Å². The number of carbonyl (C=O) groups excluding carboxylic acids is 1. The van der Waals surface area contributed by atoms with Gasteiger partial charge in [-0.1, -0.05) is 11.6 Å². The Hall–Kier alpha value is -0.820. The average molecular weight is 303 g/mol. The maximum Gasteiger partial charge on any atom is 0.471 e. The second-order valence-electron chi connectivity index (χ2n) is 2.41. The smallest absolute Gasteiger partial charge is 0.315 e. The molecule has 82 valence electrons. The maximum absolute atomic E-state index is 11.9. The number of halogens is 5. The second kappa shape index (κ2) is 4.36. The summed E-state index contributed by atoms with van der Waals surface area (Å²) in [6.07, 6.45) is -3.67. The molecule has 0 aromatic carbocycles. The van der Waals surface area contributed by atoms with Crippen LogP contribution in [-0.4, -0.2) is 17.1 Å². The van der Waals surface area contributed by atoms with Crippen LogP contribution in [0.25, 0.3) is 0 Å². The van der Waals surface area contributed by atoms with Gasteiger partial charge < -0.3 is 5.32 Å². The van der Waals surface area contributed by atoms with Crippen molar-refractivity contribution in [3.63, 3.8) is 0 Å². The quantitative estimate of drug-likeness (QED) is 0.810. The lowest BCUT2D eigenvalue weighted by molar-refractivity contribution is -0.167. The molecule has 8 heteroatoms. The van der Waals surface area contributed by atoms with E-state index >= 15 is 0 Å². The fraction of sp³-hybridized carbons (Fsp3) is 0.143. The van der Waals surface area contributed by atoms with E-state index in [1.54, 1.807) is 5.32 Å². The fourth-order valence-corrected chi connectivity index (χ4v) is 1.45. The first kappa shape index (κ1) is 12.3. The van der Waals surface area contributed by atoms with Crippen molar-refractivity contribution in [1.29, 1.82) is 0 Å². The van der Waals surface area contributed by atoms with Crippen LogP contribution in [0.1, 0.15) is 0 Å². The summed E-state index contributed by atoms with van der Waals surface area (Å²) in [7, 11) is 0. The van der Waals surface area contributed by atoms with Crippen molar-refractivity contribution in [3.05, 3.63) is 21.9 Å². The molecule has 0 saturated heterocycles. The molecule has 0 radical (unpaired) electrons. The number of nitrogens with zero attached hydrogens (tertiary/aromatic N) is 1. The number of hydrogen-bond acceptors (Lipinski definition) is 2. The van der Waals surface area contributed by atoms with Crippen molar-refractivity contribution in [2.45, 2.75) is 6.18 Å². The van der Waals surface area contributed by atoms with Gasteiger partial charge in [-0.2, -0.15) is 13.2 Å². The summed E-state index contributed by atoms with van der Waals surface area (Å²) < 4.78 is 35.8. The number of nitrogens with one attached hydrogen (secondary N) is 1. The zero-order valence-corrected chi connectivity index (χ0v) is 9.24. The largest absolute Gasteiger partial charge is 0.471 e. The highest BCUT2D eigenvalue weighted by molar-refractivity contribution is 9.10. The summed E-state index contributed by atoms with van der Waals surface area (Å²) in [5.41, 5.74) is -0.207. The molecule has 0 aliphatic carbocycles. The van der Waals surface area contributed by atoms with E-state index in [0.717, 1.165) is 0 Å². The molecule has 0 fully saturated rings. The van der Waals surface area contributed by atoms with E-state index in [1.807, 2.05) is 0 Å². The molecular weight excluding hydrogens is 300 g/mol. The highest BCUT2D eigenvalue weighted by atomic mass is 79.9. The molecular formula is C7H3BrClF3N2O. The van der Waals surface area contributed by atoms with Gasteiger partial charge in [0.1, 0.15) is 4.60 Å². The Kier molecular flexibility index (Phi) is 3.56. The lowest BCUT2D eigenvalue weighted by Crippen LogP contribution is -2.30. The summed E-state index contributed by atoms with van der Waals surface area (Å²) in [6, 6.07) is 1.26. The third kappa shape index (κ3) is 3.07.